The van der Waals surface area contributed by atoms with Crippen LogP contribution >= 0.6 is 0 Å². The van der Waals surface area contributed by atoms with Crippen molar-refractivity contribution in [2.24, 2.45) is 0 Å². The highest BCUT2D eigenvalue weighted by molar-refractivity contribution is 5.95. The van der Waals surface area contributed by atoms with E-state index < -0.39 is 0 Å². The Kier molecular flexibility index (Phi) is 4.70. The number of aromatic amines is 1. The zero-order valence-electron chi connectivity index (χ0n) is 17.7. The van der Waals surface area contributed by atoms with Crippen LogP contribution in [0.4, 0.5) is 0 Å². The Morgan fingerprint density at radius 3 is 1.58 bits per heavy atom. The van der Waals surface area contributed by atoms with Crippen molar-refractivity contribution in [2.75, 3.05) is 0 Å². The molecular weight excluding hydrogens is 406 g/mol. The zero-order chi connectivity index (χ0) is 22.0. The van der Waals surface area contributed by atoms with Crippen LogP contribution in [0.2, 0.25) is 0 Å². The van der Waals surface area contributed by atoms with Crippen LogP contribution in [0.25, 0.3) is 55.5 Å². The molecule has 0 fully saturated rings. The van der Waals surface area contributed by atoms with Crippen LogP contribution in [0.1, 0.15) is 0 Å². The maximum Gasteiger partial charge on any atom is 0.120 e. The van der Waals surface area contributed by atoms with Crippen LogP contribution in [0.15, 0.2) is 110 Å². The minimum absolute atomic E-state index is 0.843. The van der Waals surface area contributed by atoms with E-state index in [1.165, 1.54) is 0 Å². The number of pyridine rings is 2. The molecule has 33 heavy (non-hydrogen) atoms. The van der Waals surface area contributed by atoms with Gasteiger partial charge in [0.15, 0.2) is 0 Å². The monoisotopic (exact) mass is 425 g/mol. The van der Waals surface area contributed by atoms with Crippen molar-refractivity contribution in [3.05, 3.63) is 110 Å². The molecular formula is C28H19N5. The summed E-state index contributed by atoms with van der Waals surface area (Å²) in [6, 6.07) is 29.3. The summed E-state index contributed by atoms with van der Waals surface area (Å²) in [5.74, 6) is 0. The van der Waals surface area contributed by atoms with Crippen molar-refractivity contribution in [2.45, 2.75) is 0 Å². The second kappa shape index (κ2) is 8.13. The van der Waals surface area contributed by atoms with Gasteiger partial charge in [0, 0.05) is 30.4 Å². The van der Waals surface area contributed by atoms with Crippen molar-refractivity contribution in [1.82, 2.24) is 25.4 Å². The molecule has 0 bridgehead atoms. The third-order valence-corrected chi connectivity index (χ3v) is 5.83. The average Bonchev–Trinajstić information content (AvgIpc) is 3.38. The third kappa shape index (κ3) is 3.66. The summed E-state index contributed by atoms with van der Waals surface area (Å²) >= 11 is 0. The molecule has 3 aromatic carbocycles. The predicted molar refractivity (Wildman–Crippen MR) is 131 cm³/mol. The summed E-state index contributed by atoms with van der Waals surface area (Å²) in [5, 5.41) is 11.6. The highest BCUT2D eigenvalue weighted by atomic mass is 15.3. The number of hydrogen-bond donors (Lipinski definition) is 1. The molecule has 1 N–H and O–H groups in total. The lowest BCUT2D eigenvalue weighted by Crippen LogP contribution is -1.87. The first-order valence-electron chi connectivity index (χ1n) is 10.7. The first-order chi connectivity index (χ1) is 16.3. The van der Waals surface area contributed by atoms with Crippen molar-refractivity contribution >= 4 is 11.0 Å². The lowest BCUT2D eigenvalue weighted by molar-refractivity contribution is 0.959. The van der Waals surface area contributed by atoms with Gasteiger partial charge in [0.25, 0.3) is 0 Å². The van der Waals surface area contributed by atoms with Gasteiger partial charge >= 0.3 is 0 Å². The van der Waals surface area contributed by atoms with Gasteiger partial charge in [0.2, 0.25) is 0 Å². The predicted octanol–water partition coefficient (Wildman–Crippen LogP) is 6.42. The fraction of sp³-hybridized carbons (Fsp3) is 0. The van der Waals surface area contributed by atoms with Crippen LogP contribution in [0.3, 0.4) is 0 Å². The SMILES string of the molecule is c1cncc(-c2ccc(-c3cc(-c4ccc(-c5cccnc5)cc4)c4n[nH]nc4c3)cc2)c1. The molecule has 0 unspecified atom stereocenters. The molecule has 5 nitrogen and oxygen atoms in total. The molecule has 0 atom stereocenters. The highest BCUT2D eigenvalue weighted by Crippen LogP contribution is 2.34. The fourth-order valence-corrected chi connectivity index (χ4v) is 4.10. The number of rotatable bonds is 4. The van der Waals surface area contributed by atoms with Gasteiger partial charge in [-0.2, -0.15) is 15.4 Å². The van der Waals surface area contributed by atoms with E-state index >= 15 is 0 Å². The van der Waals surface area contributed by atoms with Crippen LogP contribution in [0.5, 0.6) is 0 Å². The van der Waals surface area contributed by atoms with E-state index in [2.05, 4.69) is 98.2 Å². The topological polar surface area (TPSA) is 67.3 Å². The van der Waals surface area contributed by atoms with Gasteiger partial charge in [0.1, 0.15) is 11.0 Å². The van der Waals surface area contributed by atoms with Gasteiger partial charge in [-0.05, 0) is 63.2 Å². The summed E-state index contributed by atoms with van der Waals surface area (Å²) in [6.45, 7) is 0. The van der Waals surface area contributed by atoms with E-state index in [0.717, 1.165) is 55.5 Å². The van der Waals surface area contributed by atoms with Crippen LogP contribution in [-0.4, -0.2) is 25.4 Å². The summed E-state index contributed by atoms with van der Waals surface area (Å²) in [5.41, 5.74) is 10.5. The summed E-state index contributed by atoms with van der Waals surface area (Å²) < 4.78 is 0. The first-order valence-corrected chi connectivity index (χ1v) is 10.7. The Bertz CT molecular complexity index is 1520. The fourth-order valence-electron chi connectivity index (χ4n) is 4.10. The maximum atomic E-state index is 4.41. The smallest absolute Gasteiger partial charge is 0.120 e. The lowest BCUT2D eigenvalue weighted by Gasteiger charge is -2.09. The average molecular weight is 425 g/mol. The normalized spacial score (nSPS) is 11.0. The van der Waals surface area contributed by atoms with E-state index in [1.54, 1.807) is 12.4 Å². The second-order valence-corrected chi connectivity index (χ2v) is 7.85. The molecule has 0 amide bonds. The number of aromatic nitrogens is 5. The minimum atomic E-state index is 0.843. The van der Waals surface area contributed by atoms with Crippen LogP contribution < -0.4 is 0 Å². The van der Waals surface area contributed by atoms with E-state index in [-0.39, 0.29) is 0 Å². The van der Waals surface area contributed by atoms with Gasteiger partial charge in [-0.15, -0.1) is 0 Å². The minimum Gasteiger partial charge on any atom is -0.264 e. The maximum absolute atomic E-state index is 4.41. The van der Waals surface area contributed by atoms with Gasteiger partial charge in [-0.1, -0.05) is 60.7 Å². The molecule has 0 aliphatic rings. The number of benzene rings is 3. The van der Waals surface area contributed by atoms with Crippen molar-refractivity contribution in [3.63, 3.8) is 0 Å². The Morgan fingerprint density at radius 2 is 1.03 bits per heavy atom. The van der Waals surface area contributed by atoms with Gasteiger partial charge in [-0.3, -0.25) is 9.97 Å². The number of fused-ring (bicyclic) bond motifs is 1. The molecule has 0 saturated carbocycles. The number of hydrogen-bond acceptors (Lipinski definition) is 4. The molecule has 0 aliphatic heterocycles. The van der Waals surface area contributed by atoms with Gasteiger partial charge in [-0.25, -0.2) is 0 Å². The standard InChI is InChI=1S/C28H19N5/c1-3-23(17-29-13-1)19-5-7-21(8-6-19)25-15-26(28-27(16-25)31-33-32-28)22-11-9-20(10-12-22)24-4-2-14-30-18-24/h1-18H,(H,31,32,33). The van der Waals surface area contributed by atoms with Crippen molar-refractivity contribution < 1.29 is 0 Å². The first kappa shape index (κ1) is 19.1. The summed E-state index contributed by atoms with van der Waals surface area (Å²) in [7, 11) is 0. The zero-order valence-corrected chi connectivity index (χ0v) is 17.7. The van der Waals surface area contributed by atoms with E-state index in [9.17, 15) is 0 Å². The second-order valence-electron chi connectivity index (χ2n) is 7.85. The Balaban J connectivity index is 1.40. The highest BCUT2D eigenvalue weighted by Gasteiger charge is 2.12. The van der Waals surface area contributed by atoms with Crippen molar-refractivity contribution in [1.29, 1.82) is 0 Å². The molecule has 156 valence electrons. The lowest BCUT2D eigenvalue weighted by atomic mass is 9.95. The number of nitrogens with one attached hydrogen (secondary N) is 1. The Morgan fingerprint density at radius 1 is 0.485 bits per heavy atom. The summed E-state index contributed by atoms with van der Waals surface area (Å²) in [6.07, 6.45) is 7.33. The molecule has 3 aromatic heterocycles. The number of H-pyrrole nitrogens is 1. The van der Waals surface area contributed by atoms with E-state index in [1.807, 2.05) is 24.5 Å². The third-order valence-electron chi connectivity index (χ3n) is 5.83. The molecule has 5 heteroatoms. The molecule has 0 saturated heterocycles. The molecule has 0 radical (unpaired) electrons. The largest absolute Gasteiger partial charge is 0.264 e. The quantitative estimate of drug-likeness (QED) is 0.354. The Hall–Kier alpha value is -4.64. The molecule has 0 spiro atoms. The number of nitrogens with zero attached hydrogens (tertiary/aromatic N) is 4. The van der Waals surface area contributed by atoms with E-state index in [0.29, 0.717) is 0 Å². The molecule has 6 rings (SSSR count). The van der Waals surface area contributed by atoms with Gasteiger partial charge < -0.3 is 0 Å². The van der Waals surface area contributed by atoms with Crippen LogP contribution in [0, 0.1) is 0 Å². The summed E-state index contributed by atoms with van der Waals surface area (Å²) in [4.78, 5) is 8.44. The molecule has 3 heterocycles. The van der Waals surface area contributed by atoms with Gasteiger partial charge in [0.05, 0.1) is 0 Å². The molecule has 0 aliphatic carbocycles. The Labute approximate surface area is 190 Å². The van der Waals surface area contributed by atoms with E-state index in [4.69, 9.17) is 0 Å². The molecule has 6 aromatic rings. The van der Waals surface area contributed by atoms with Crippen molar-refractivity contribution in [3.8, 4) is 44.5 Å². The van der Waals surface area contributed by atoms with Crippen LogP contribution in [-0.2, 0) is 0 Å².